The van der Waals surface area contributed by atoms with E-state index in [-0.39, 0.29) is 11.3 Å². The summed E-state index contributed by atoms with van der Waals surface area (Å²) in [6.07, 6.45) is 1.48. The molecule has 0 aromatic heterocycles. The summed E-state index contributed by atoms with van der Waals surface area (Å²) in [5.74, 6) is 0.712. The van der Waals surface area contributed by atoms with Crippen LogP contribution < -0.4 is 14.9 Å². The number of rotatable bonds is 9. The van der Waals surface area contributed by atoms with Crippen LogP contribution in [0.4, 0.5) is 5.69 Å². The molecule has 0 bridgehead atoms. The van der Waals surface area contributed by atoms with Crippen molar-refractivity contribution in [2.45, 2.75) is 20.5 Å². The van der Waals surface area contributed by atoms with Gasteiger partial charge in [-0.15, -0.1) is 0 Å². The number of aryl methyl sites for hydroxylation is 1. The van der Waals surface area contributed by atoms with Gasteiger partial charge in [-0.25, -0.2) is 5.43 Å². The number of ether oxygens (including phenoxy) is 2. The number of amides is 1. The molecule has 0 aliphatic rings. The highest BCUT2D eigenvalue weighted by molar-refractivity contribution is 5.95. The Kier molecular flexibility index (Phi) is 7.53. The third-order valence-corrected chi connectivity index (χ3v) is 4.50. The van der Waals surface area contributed by atoms with Crippen LogP contribution in [0, 0.1) is 17.0 Å². The zero-order valence-corrected chi connectivity index (χ0v) is 17.8. The first-order valence-electron chi connectivity index (χ1n) is 9.99. The zero-order valence-electron chi connectivity index (χ0n) is 17.8. The molecule has 8 nitrogen and oxygen atoms in total. The molecule has 0 radical (unpaired) electrons. The third kappa shape index (κ3) is 6.15. The van der Waals surface area contributed by atoms with Gasteiger partial charge < -0.3 is 9.47 Å². The predicted molar refractivity (Wildman–Crippen MR) is 121 cm³/mol. The van der Waals surface area contributed by atoms with Gasteiger partial charge in [0.25, 0.3) is 11.6 Å². The van der Waals surface area contributed by atoms with E-state index >= 15 is 0 Å². The fourth-order valence-electron chi connectivity index (χ4n) is 2.80. The summed E-state index contributed by atoms with van der Waals surface area (Å²) in [7, 11) is 0. The lowest BCUT2D eigenvalue weighted by molar-refractivity contribution is -0.384. The fraction of sp³-hybridized carbons (Fsp3) is 0.167. The number of hydrazone groups is 1. The van der Waals surface area contributed by atoms with Crippen LogP contribution in [0.5, 0.6) is 11.5 Å². The molecule has 0 aliphatic carbocycles. The van der Waals surface area contributed by atoms with Gasteiger partial charge in [0.2, 0.25) is 0 Å². The van der Waals surface area contributed by atoms with E-state index in [2.05, 4.69) is 10.5 Å². The van der Waals surface area contributed by atoms with Gasteiger partial charge in [0.15, 0.2) is 11.5 Å². The van der Waals surface area contributed by atoms with Gasteiger partial charge in [-0.2, -0.15) is 5.10 Å². The summed E-state index contributed by atoms with van der Waals surface area (Å²) in [6, 6.07) is 18.7. The average Bonchev–Trinajstić information content (AvgIpc) is 2.80. The molecule has 0 spiro atoms. The molecule has 0 fully saturated rings. The maximum Gasteiger partial charge on any atom is 0.271 e. The van der Waals surface area contributed by atoms with Gasteiger partial charge in [0, 0.05) is 17.7 Å². The molecule has 3 rings (SSSR count). The first-order chi connectivity index (χ1) is 15.5. The molecule has 32 heavy (non-hydrogen) atoms. The molecule has 0 saturated carbocycles. The standard InChI is InChI=1S/C24H23N3O5/c1-3-31-23-14-19(8-13-22(23)32-16-18-6-4-17(2)5-7-18)15-25-26-24(28)20-9-11-21(12-10-20)27(29)30/h4-15H,3,16H2,1-2H3,(H,26,28)/b25-15+. The first kappa shape index (κ1) is 22.5. The number of nitrogens with one attached hydrogen (secondary N) is 1. The molecule has 1 N–H and O–H groups in total. The van der Waals surface area contributed by atoms with Crippen LogP contribution in [-0.4, -0.2) is 23.7 Å². The van der Waals surface area contributed by atoms with Crippen LogP contribution in [0.1, 0.15) is 34.0 Å². The van der Waals surface area contributed by atoms with Gasteiger partial charge in [0.1, 0.15) is 6.61 Å². The summed E-state index contributed by atoms with van der Waals surface area (Å²) in [4.78, 5) is 22.3. The van der Waals surface area contributed by atoms with Crippen LogP contribution in [0.3, 0.4) is 0 Å². The smallest absolute Gasteiger partial charge is 0.271 e. The lowest BCUT2D eigenvalue weighted by Crippen LogP contribution is -2.17. The minimum Gasteiger partial charge on any atom is -0.490 e. The molecule has 3 aromatic carbocycles. The van der Waals surface area contributed by atoms with Crippen LogP contribution in [0.2, 0.25) is 0 Å². The number of nitrogens with zero attached hydrogens (tertiary/aromatic N) is 2. The first-order valence-corrected chi connectivity index (χ1v) is 9.99. The molecule has 1 amide bonds. The van der Waals surface area contributed by atoms with Crippen molar-refractivity contribution in [3.8, 4) is 11.5 Å². The second kappa shape index (κ2) is 10.7. The van der Waals surface area contributed by atoms with E-state index in [1.807, 2.05) is 38.1 Å². The molecule has 0 aliphatic heterocycles. The Morgan fingerprint density at radius 1 is 1.03 bits per heavy atom. The Hall–Kier alpha value is -4.20. The van der Waals surface area contributed by atoms with Crippen LogP contribution >= 0.6 is 0 Å². The van der Waals surface area contributed by atoms with Crippen molar-refractivity contribution in [2.75, 3.05) is 6.61 Å². The number of nitro benzene ring substituents is 1. The Bertz CT molecular complexity index is 1110. The van der Waals surface area contributed by atoms with Gasteiger partial charge in [0.05, 0.1) is 17.7 Å². The highest BCUT2D eigenvalue weighted by Crippen LogP contribution is 2.29. The van der Waals surface area contributed by atoms with Crippen LogP contribution in [0.25, 0.3) is 0 Å². The SMILES string of the molecule is CCOc1cc(/C=N/NC(=O)c2ccc([N+](=O)[O-])cc2)ccc1OCc1ccc(C)cc1. The van der Waals surface area contributed by atoms with Gasteiger partial charge in [-0.05, 0) is 55.3 Å². The minimum absolute atomic E-state index is 0.0850. The highest BCUT2D eigenvalue weighted by atomic mass is 16.6. The molecule has 164 valence electrons. The van der Waals surface area contributed by atoms with Crippen molar-refractivity contribution in [3.63, 3.8) is 0 Å². The number of carbonyl (C=O) groups excluding carboxylic acids is 1. The summed E-state index contributed by atoms with van der Waals surface area (Å²) in [6.45, 7) is 4.80. The van der Waals surface area contributed by atoms with Crippen molar-refractivity contribution in [1.82, 2.24) is 5.43 Å². The van der Waals surface area contributed by atoms with Crippen molar-refractivity contribution >= 4 is 17.8 Å². The lowest BCUT2D eigenvalue weighted by atomic mass is 10.2. The maximum absolute atomic E-state index is 12.1. The van der Waals surface area contributed by atoms with Gasteiger partial charge in [-0.1, -0.05) is 29.8 Å². The summed E-state index contributed by atoms with van der Waals surface area (Å²) < 4.78 is 11.6. The molecule has 0 atom stereocenters. The minimum atomic E-state index is -0.524. The number of nitro groups is 1. The van der Waals surface area contributed by atoms with E-state index < -0.39 is 10.8 Å². The molecule has 0 heterocycles. The van der Waals surface area contributed by atoms with Gasteiger partial charge in [-0.3, -0.25) is 14.9 Å². The lowest BCUT2D eigenvalue weighted by Gasteiger charge is -2.12. The number of hydrogen-bond donors (Lipinski definition) is 1. The number of non-ortho nitro benzene ring substituents is 1. The summed E-state index contributed by atoms with van der Waals surface area (Å²) in [5, 5.41) is 14.7. The van der Waals surface area contributed by atoms with E-state index in [1.165, 1.54) is 36.0 Å². The highest BCUT2D eigenvalue weighted by Gasteiger charge is 2.09. The Morgan fingerprint density at radius 3 is 2.41 bits per heavy atom. The molecule has 0 unspecified atom stereocenters. The van der Waals surface area contributed by atoms with Crippen molar-refractivity contribution in [2.24, 2.45) is 5.10 Å². The zero-order chi connectivity index (χ0) is 22.9. The number of benzene rings is 3. The van der Waals surface area contributed by atoms with E-state index in [4.69, 9.17) is 9.47 Å². The van der Waals surface area contributed by atoms with Crippen LogP contribution in [0.15, 0.2) is 71.8 Å². The molecule has 3 aromatic rings. The number of hydrogen-bond acceptors (Lipinski definition) is 6. The average molecular weight is 433 g/mol. The van der Waals surface area contributed by atoms with Gasteiger partial charge >= 0.3 is 0 Å². The largest absolute Gasteiger partial charge is 0.490 e. The second-order valence-electron chi connectivity index (χ2n) is 6.92. The van der Waals surface area contributed by atoms with Crippen molar-refractivity contribution in [3.05, 3.63) is 99.1 Å². The number of carbonyl (C=O) groups is 1. The summed E-state index contributed by atoms with van der Waals surface area (Å²) >= 11 is 0. The molecule has 0 saturated heterocycles. The molecular weight excluding hydrogens is 410 g/mol. The molecule has 8 heteroatoms. The maximum atomic E-state index is 12.1. The quantitative estimate of drug-likeness (QED) is 0.301. The monoisotopic (exact) mass is 433 g/mol. The third-order valence-electron chi connectivity index (χ3n) is 4.50. The van der Waals surface area contributed by atoms with E-state index in [0.717, 1.165) is 5.56 Å². The Morgan fingerprint density at radius 2 is 1.75 bits per heavy atom. The van der Waals surface area contributed by atoms with E-state index in [0.29, 0.717) is 30.3 Å². The topological polar surface area (TPSA) is 103 Å². The normalized spacial score (nSPS) is 10.7. The fourth-order valence-corrected chi connectivity index (χ4v) is 2.80. The predicted octanol–water partition coefficient (Wildman–Crippen LogP) is 4.64. The van der Waals surface area contributed by atoms with Crippen molar-refractivity contribution in [1.29, 1.82) is 0 Å². The molecular formula is C24H23N3O5. The Labute approximate surface area is 185 Å². The summed E-state index contributed by atoms with van der Waals surface area (Å²) in [5.41, 5.74) is 5.53. The second-order valence-corrected chi connectivity index (χ2v) is 6.92. The van der Waals surface area contributed by atoms with E-state index in [9.17, 15) is 14.9 Å². The van der Waals surface area contributed by atoms with E-state index in [1.54, 1.807) is 18.2 Å². The van der Waals surface area contributed by atoms with Crippen molar-refractivity contribution < 1.29 is 19.2 Å². The van der Waals surface area contributed by atoms with Crippen LogP contribution in [-0.2, 0) is 6.61 Å². The Balaban J connectivity index is 1.63.